The van der Waals surface area contributed by atoms with Crippen molar-refractivity contribution in [1.29, 1.82) is 0 Å². The van der Waals surface area contributed by atoms with Crippen LogP contribution >= 0.6 is 0 Å². The van der Waals surface area contributed by atoms with Crippen molar-refractivity contribution in [3.8, 4) is 0 Å². The highest BCUT2D eigenvalue weighted by Gasteiger charge is 2.45. The normalized spacial score (nSPS) is 25.9. The zero-order valence-corrected chi connectivity index (χ0v) is 9.91. The first-order valence-electron chi connectivity index (χ1n) is 5.29. The molecule has 1 aliphatic rings. The number of ether oxygens (including phenoxy) is 2. The van der Waals surface area contributed by atoms with Crippen LogP contribution in [0.3, 0.4) is 0 Å². The summed E-state index contributed by atoms with van der Waals surface area (Å²) in [7, 11) is 0. The van der Waals surface area contributed by atoms with E-state index in [4.69, 9.17) is 9.47 Å². The van der Waals surface area contributed by atoms with E-state index in [-0.39, 0.29) is 25.2 Å². The summed E-state index contributed by atoms with van der Waals surface area (Å²) in [5, 5.41) is 9.18. The van der Waals surface area contributed by atoms with Crippen molar-refractivity contribution < 1.29 is 24.2 Å². The molecule has 0 aromatic heterocycles. The van der Waals surface area contributed by atoms with Crippen LogP contribution in [0.5, 0.6) is 0 Å². The average molecular weight is 230 g/mol. The lowest BCUT2D eigenvalue weighted by Crippen LogP contribution is -2.43. The summed E-state index contributed by atoms with van der Waals surface area (Å²) in [6.07, 6.45) is 0.0168. The van der Waals surface area contributed by atoms with Crippen LogP contribution in [0.4, 0.5) is 0 Å². The van der Waals surface area contributed by atoms with Crippen molar-refractivity contribution in [2.75, 3.05) is 13.2 Å². The van der Waals surface area contributed by atoms with E-state index in [1.807, 2.05) is 0 Å². The van der Waals surface area contributed by atoms with Gasteiger partial charge in [0.1, 0.15) is 5.60 Å². The highest BCUT2D eigenvalue weighted by atomic mass is 16.6. The van der Waals surface area contributed by atoms with E-state index in [0.717, 1.165) is 0 Å². The molecule has 1 unspecified atom stereocenters. The van der Waals surface area contributed by atoms with Gasteiger partial charge in [-0.15, -0.1) is 0 Å². The first-order valence-corrected chi connectivity index (χ1v) is 5.29. The third kappa shape index (κ3) is 3.02. The van der Waals surface area contributed by atoms with Gasteiger partial charge < -0.3 is 14.6 Å². The lowest BCUT2D eigenvalue weighted by molar-refractivity contribution is -0.166. The fraction of sp³-hybridized carbons (Fsp3) is 0.818. The summed E-state index contributed by atoms with van der Waals surface area (Å²) < 4.78 is 10.3. The molecule has 0 aromatic carbocycles. The van der Waals surface area contributed by atoms with Gasteiger partial charge in [-0.2, -0.15) is 0 Å². The van der Waals surface area contributed by atoms with Gasteiger partial charge in [0, 0.05) is 6.42 Å². The molecule has 1 rings (SSSR count). The van der Waals surface area contributed by atoms with Crippen LogP contribution in [0.25, 0.3) is 0 Å². The lowest BCUT2D eigenvalue weighted by Gasteiger charge is -2.26. The molecule has 5 nitrogen and oxygen atoms in total. The van der Waals surface area contributed by atoms with E-state index < -0.39 is 23.8 Å². The second kappa shape index (κ2) is 4.51. The quantitative estimate of drug-likeness (QED) is 0.712. The average Bonchev–Trinajstić information content (AvgIpc) is 2.45. The molecule has 0 aromatic rings. The van der Waals surface area contributed by atoms with Crippen molar-refractivity contribution in [2.45, 2.75) is 44.8 Å². The van der Waals surface area contributed by atoms with Crippen LogP contribution in [0, 0.1) is 0 Å². The van der Waals surface area contributed by atoms with Gasteiger partial charge in [0.25, 0.3) is 0 Å². The molecule has 1 heterocycles. The van der Waals surface area contributed by atoms with Gasteiger partial charge in [-0.3, -0.25) is 9.59 Å². The minimum absolute atomic E-state index is 0.223. The van der Waals surface area contributed by atoms with E-state index in [1.165, 1.54) is 0 Å². The Hall–Kier alpha value is -0.940. The Bertz CT molecular complexity index is 291. The Morgan fingerprint density at radius 3 is 2.56 bits per heavy atom. The highest BCUT2D eigenvalue weighted by Crippen LogP contribution is 2.26. The smallest absolute Gasteiger partial charge is 0.309 e. The number of Topliss-reactive ketones (excluding diaryl/α,β-unsaturated/α-hetero) is 1. The van der Waals surface area contributed by atoms with Gasteiger partial charge >= 0.3 is 5.97 Å². The molecule has 92 valence electrons. The second-order valence-corrected chi connectivity index (χ2v) is 4.94. The van der Waals surface area contributed by atoms with Crippen LogP contribution in [-0.4, -0.2) is 41.3 Å². The van der Waals surface area contributed by atoms with Gasteiger partial charge in [-0.25, -0.2) is 0 Å². The van der Waals surface area contributed by atoms with E-state index >= 15 is 0 Å². The number of hydrogen-bond donors (Lipinski definition) is 1. The Morgan fingerprint density at radius 2 is 2.19 bits per heavy atom. The molecule has 0 saturated carbocycles. The maximum atomic E-state index is 11.6. The predicted octanol–water partition coefficient (Wildman–Crippen LogP) is 0.439. The third-order valence-electron chi connectivity index (χ3n) is 2.32. The molecule has 0 amide bonds. The Kier molecular flexibility index (Phi) is 3.70. The lowest BCUT2D eigenvalue weighted by atomic mass is 9.95. The minimum Gasteiger partial charge on any atom is -0.460 e. The number of carbonyl (C=O) groups is 2. The Morgan fingerprint density at radius 1 is 1.56 bits per heavy atom. The van der Waals surface area contributed by atoms with Gasteiger partial charge in [0.05, 0.1) is 19.6 Å². The van der Waals surface area contributed by atoms with E-state index in [9.17, 15) is 14.7 Å². The second-order valence-electron chi connectivity index (χ2n) is 4.94. The van der Waals surface area contributed by atoms with E-state index in [0.29, 0.717) is 0 Å². The molecule has 1 atom stereocenters. The molecule has 1 saturated heterocycles. The van der Waals surface area contributed by atoms with Gasteiger partial charge in [0.15, 0.2) is 11.4 Å². The van der Waals surface area contributed by atoms with Crippen LogP contribution < -0.4 is 0 Å². The number of aliphatic hydroxyl groups is 1. The summed E-state index contributed by atoms with van der Waals surface area (Å²) >= 11 is 0. The number of aliphatic hydroxyl groups excluding tert-OH is 1. The third-order valence-corrected chi connectivity index (χ3v) is 2.32. The molecular formula is C11H18O5. The first-order chi connectivity index (χ1) is 7.29. The maximum Gasteiger partial charge on any atom is 0.309 e. The van der Waals surface area contributed by atoms with Crippen molar-refractivity contribution in [2.24, 2.45) is 0 Å². The summed E-state index contributed by atoms with van der Waals surface area (Å²) in [5.74, 6) is -0.766. The first kappa shape index (κ1) is 13.1. The summed E-state index contributed by atoms with van der Waals surface area (Å²) in [6, 6.07) is 0. The number of esters is 1. The van der Waals surface area contributed by atoms with Crippen LogP contribution in [0.15, 0.2) is 0 Å². The van der Waals surface area contributed by atoms with Crippen LogP contribution in [0.1, 0.15) is 33.6 Å². The van der Waals surface area contributed by atoms with Gasteiger partial charge in [-0.1, -0.05) is 0 Å². The largest absolute Gasteiger partial charge is 0.460 e. The van der Waals surface area contributed by atoms with E-state index in [1.54, 1.807) is 20.8 Å². The van der Waals surface area contributed by atoms with Crippen molar-refractivity contribution in [3.05, 3.63) is 0 Å². The monoisotopic (exact) mass is 230 g/mol. The predicted molar refractivity (Wildman–Crippen MR) is 55.9 cm³/mol. The Balaban J connectivity index is 2.64. The number of ketones is 1. The molecule has 0 aliphatic carbocycles. The molecule has 16 heavy (non-hydrogen) atoms. The fourth-order valence-electron chi connectivity index (χ4n) is 1.60. The number of rotatable bonds is 3. The summed E-state index contributed by atoms with van der Waals surface area (Å²) in [6.45, 7) is 5.00. The molecular weight excluding hydrogens is 212 g/mol. The van der Waals surface area contributed by atoms with Crippen molar-refractivity contribution >= 4 is 11.8 Å². The SMILES string of the molecule is CC(C)(C)OC(=O)CC1(CO)OCCC1=O. The molecule has 0 spiro atoms. The van der Waals surface area contributed by atoms with Crippen LogP contribution in [-0.2, 0) is 19.1 Å². The van der Waals surface area contributed by atoms with E-state index in [2.05, 4.69) is 0 Å². The molecule has 0 radical (unpaired) electrons. The molecule has 1 aliphatic heterocycles. The number of hydrogen-bond acceptors (Lipinski definition) is 5. The zero-order valence-electron chi connectivity index (χ0n) is 9.91. The topological polar surface area (TPSA) is 72.8 Å². The highest BCUT2D eigenvalue weighted by molar-refractivity contribution is 5.93. The fourth-order valence-corrected chi connectivity index (χ4v) is 1.60. The number of carbonyl (C=O) groups excluding carboxylic acids is 2. The minimum atomic E-state index is -1.37. The maximum absolute atomic E-state index is 11.6. The van der Waals surface area contributed by atoms with Gasteiger partial charge in [-0.05, 0) is 20.8 Å². The van der Waals surface area contributed by atoms with Gasteiger partial charge in [0.2, 0.25) is 0 Å². The molecule has 5 heteroatoms. The summed E-state index contributed by atoms with van der Waals surface area (Å²) in [4.78, 5) is 23.1. The zero-order chi connectivity index (χ0) is 12.4. The summed E-state index contributed by atoms with van der Waals surface area (Å²) in [5.41, 5.74) is -1.97. The Labute approximate surface area is 94.7 Å². The van der Waals surface area contributed by atoms with Crippen molar-refractivity contribution in [3.63, 3.8) is 0 Å². The standard InChI is InChI=1S/C11H18O5/c1-10(2,3)16-9(14)6-11(7-12)8(13)4-5-15-11/h12H,4-7H2,1-3H3. The molecule has 0 bridgehead atoms. The van der Waals surface area contributed by atoms with Crippen molar-refractivity contribution in [1.82, 2.24) is 0 Å². The van der Waals surface area contributed by atoms with Crippen LogP contribution in [0.2, 0.25) is 0 Å². The molecule has 1 N–H and O–H groups in total. The molecule has 1 fully saturated rings.